The van der Waals surface area contributed by atoms with Crippen LogP contribution in [0.15, 0.2) is 54.3 Å². The summed E-state index contributed by atoms with van der Waals surface area (Å²) >= 11 is 0. The largest absolute Gasteiger partial charge is 0.482 e. The van der Waals surface area contributed by atoms with E-state index in [1.807, 2.05) is 40.1 Å². The topological polar surface area (TPSA) is 53.1 Å². The molecule has 35 heavy (non-hydrogen) atoms. The Bertz CT molecular complexity index is 1100. The van der Waals surface area contributed by atoms with E-state index in [1.54, 1.807) is 0 Å². The summed E-state index contributed by atoms with van der Waals surface area (Å²) in [5.74, 6) is 0.419. The van der Waals surface area contributed by atoms with Crippen LogP contribution in [0.1, 0.15) is 52.7 Å². The summed E-state index contributed by atoms with van der Waals surface area (Å²) in [6.45, 7) is 5.98. The van der Waals surface area contributed by atoms with Crippen LogP contribution >= 0.6 is 0 Å². The number of benzene rings is 2. The van der Waals surface area contributed by atoms with E-state index in [4.69, 9.17) is 4.74 Å². The first-order chi connectivity index (χ1) is 17.0. The number of piperazine rings is 1. The summed E-state index contributed by atoms with van der Waals surface area (Å²) < 4.78 is 6.27. The van der Waals surface area contributed by atoms with Crippen molar-refractivity contribution in [2.24, 2.45) is 0 Å². The summed E-state index contributed by atoms with van der Waals surface area (Å²) in [6, 6.07) is 16.0. The Kier molecular flexibility index (Phi) is 6.91. The number of hydrogen-bond donors (Lipinski definition) is 0. The van der Waals surface area contributed by atoms with Gasteiger partial charge < -0.3 is 19.4 Å². The number of hydrogen-bond acceptors (Lipinski definition) is 4. The first kappa shape index (κ1) is 23.6. The molecular weight excluding hydrogens is 438 g/mol. The molecule has 0 radical (unpaired) electrons. The molecule has 3 aliphatic rings. The lowest BCUT2D eigenvalue weighted by atomic mass is 9.89. The van der Waals surface area contributed by atoms with E-state index in [0.717, 1.165) is 63.0 Å². The van der Waals surface area contributed by atoms with Crippen LogP contribution in [0.25, 0.3) is 6.08 Å². The Morgan fingerprint density at radius 2 is 1.77 bits per heavy atom. The van der Waals surface area contributed by atoms with Crippen LogP contribution < -0.4 is 0 Å². The number of fused-ring (bicyclic) bond motifs is 1. The Balaban J connectivity index is 1.34. The first-order valence-electron chi connectivity index (χ1n) is 12.8. The van der Waals surface area contributed by atoms with Gasteiger partial charge in [0.25, 0.3) is 11.8 Å². The van der Waals surface area contributed by atoms with Crippen LogP contribution in [-0.2, 0) is 16.1 Å². The first-order valence-corrected chi connectivity index (χ1v) is 12.8. The number of likely N-dealkylation sites (N-methyl/N-ethyl adjacent to an activating group) is 1. The minimum absolute atomic E-state index is 0.0376. The highest BCUT2D eigenvalue weighted by molar-refractivity contribution is 5.97. The van der Waals surface area contributed by atoms with Gasteiger partial charge in [-0.25, -0.2) is 0 Å². The van der Waals surface area contributed by atoms with E-state index in [1.165, 1.54) is 5.56 Å². The van der Waals surface area contributed by atoms with E-state index in [9.17, 15) is 9.59 Å². The lowest BCUT2D eigenvalue weighted by Crippen LogP contribution is -2.54. The molecule has 1 aliphatic carbocycles. The van der Waals surface area contributed by atoms with E-state index in [0.29, 0.717) is 17.9 Å². The molecule has 2 atom stereocenters. The minimum atomic E-state index is -0.0488. The summed E-state index contributed by atoms with van der Waals surface area (Å²) in [7, 11) is 2.08. The molecule has 2 saturated heterocycles. The lowest BCUT2D eigenvalue weighted by Gasteiger charge is -2.44. The smallest absolute Gasteiger partial charge is 0.289 e. The Morgan fingerprint density at radius 3 is 2.51 bits per heavy atom. The highest BCUT2D eigenvalue weighted by atomic mass is 16.5. The maximum atomic E-state index is 13.6. The average Bonchev–Trinajstić information content (AvgIpc) is 2.87. The Morgan fingerprint density at radius 1 is 1.03 bits per heavy atom. The second-order valence-corrected chi connectivity index (χ2v) is 10.2. The molecule has 2 unspecified atom stereocenters. The zero-order chi connectivity index (χ0) is 24.4. The van der Waals surface area contributed by atoms with Gasteiger partial charge in [0.15, 0.2) is 5.76 Å². The van der Waals surface area contributed by atoms with Crippen molar-refractivity contribution in [3.05, 3.63) is 76.5 Å². The van der Waals surface area contributed by atoms with Gasteiger partial charge in [0.2, 0.25) is 0 Å². The maximum absolute atomic E-state index is 13.6. The van der Waals surface area contributed by atoms with Crippen molar-refractivity contribution in [3.8, 4) is 0 Å². The van der Waals surface area contributed by atoms with Crippen LogP contribution in [0.4, 0.5) is 0 Å². The lowest BCUT2D eigenvalue weighted by molar-refractivity contribution is -0.149. The van der Waals surface area contributed by atoms with Crippen molar-refractivity contribution >= 4 is 17.9 Å². The summed E-state index contributed by atoms with van der Waals surface area (Å²) in [6.07, 6.45) is 6.08. The summed E-state index contributed by atoms with van der Waals surface area (Å²) in [4.78, 5) is 32.6. The summed E-state index contributed by atoms with van der Waals surface area (Å²) in [5.41, 5.74) is 3.90. The molecule has 2 heterocycles. The molecule has 184 valence electrons. The summed E-state index contributed by atoms with van der Waals surface area (Å²) in [5, 5.41) is 0. The van der Waals surface area contributed by atoms with Crippen molar-refractivity contribution < 1.29 is 14.3 Å². The van der Waals surface area contributed by atoms with Crippen LogP contribution in [-0.4, -0.2) is 71.9 Å². The third-order valence-corrected chi connectivity index (χ3v) is 7.50. The molecule has 0 aromatic heterocycles. The number of aryl methyl sites for hydroxylation is 1. The zero-order valence-electron chi connectivity index (χ0n) is 20.8. The fraction of sp³-hybridized carbons (Fsp3) is 0.448. The Labute approximate surface area is 208 Å². The normalized spacial score (nSPS) is 24.3. The van der Waals surface area contributed by atoms with Gasteiger partial charge in [0, 0.05) is 38.3 Å². The highest BCUT2D eigenvalue weighted by Crippen LogP contribution is 2.34. The van der Waals surface area contributed by atoms with Crippen molar-refractivity contribution in [3.63, 3.8) is 0 Å². The second kappa shape index (κ2) is 10.2. The van der Waals surface area contributed by atoms with E-state index < -0.39 is 0 Å². The van der Waals surface area contributed by atoms with E-state index >= 15 is 0 Å². The third-order valence-electron chi connectivity index (χ3n) is 7.50. The molecule has 0 spiro atoms. The van der Waals surface area contributed by atoms with Crippen LogP contribution in [0.2, 0.25) is 0 Å². The molecule has 2 aromatic rings. The van der Waals surface area contributed by atoms with Gasteiger partial charge in [0.05, 0.1) is 6.04 Å². The zero-order valence-corrected chi connectivity index (χ0v) is 20.8. The standard InChI is InChI=1S/C29H35N3O3/c1-21-6-5-7-23(18-21)20-32-25-8-3-4-9-26(25)35-27(29(32)34)19-22-10-12-24(13-11-22)28(33)31-16-14-30(2)15-17-31/h5-7,10-13,18-19,25-26H,3-4,8-9,14-17,20H2,1-2H3/b27-19+. The number of ether oxygens (including phenoxy) is 1. The molecule has 3 fully saturated rings. The van der Waals surface area contributed by atoms with Gasteiger partial charge >= 0.3 is 0 Å². The number of carbonyl (C=O) groups excluding carboxylic acids is 2. The number of nitrogens with zero attached hydrogens (tertiary/aromatic N) is 3. The molecule has 5 rings (SSSR count). The molecule has 2 aromatic carbocycles. The van der Waals surface area contributed by atoms with Gasteiger partial charge in [-0.2, -0.15) is 0 Å². The quantitative estimate of drug-likeness (QED) is 0.628. The van der Waals surface area contributed by atoms with Crippen LogP contribution in [0, 0.1) is 6.92 Å². The molecule has 2 amide bonds. The number of carbonyl (C=O) groups is 2. The molecular formula is C29H35N3O3. The van der Waals surface area contributed by atoms with E-state index in [2.05, 4.69) is 43.1 Å². The molecule has 2 aliphatic heterocycles. The van der Waals surface area contributed by atoms with Gasteiger partial charge in [0.1, 0.15) is 6.10 Å². The van der Waals surface area contributed by atoms with Crippen LogP contribution in [0.5, 0.6) is 0 Å². The highest BCUT2D eigenvalue weighted by Gasteiger charge is 2.41. The van der Waals surface area contributed by atoms with E-state index in [-0.39, 0.29) is 24.0 Å². The maximum Gasteiger partial charge on any atom is 0.289 e. The monoisotopic (exact) mass is 473 g/mol. The van der Waals surface area contributed by atoms with Crippen molar-refractivity contribution in [2.45, 2.75) is 51.3 Å². The molecule has 0 N–H and O–H groups in total. The third kappa shape index (κ3) is 5.27. The van der Waals surface area contributed by atoms with Crippen molar-refractivity contribution in [2.75, 3.05) is 33.2 Å². The molecule has 6 heteroatoms. The molecule has 1 saturated carbocycles. The number of amides is 2. The predicted molar refractivity (Wildman–Crippen MR) is 137 cm³/mol. The number of morpholine rings is 1. The van der Waals surface area contributed by atoms with Gasteiger partial charge in [-0.05, 0) is 62.6 Å². The molecule has 0 bridgehead atoms. The SMILES string of the molecule is Cc1cccc(CN2C(=O)/C(=C\c3ccc(C(=O)N4CCN(C)CC4)cc3)OC3CCCCC32)c1. The minimum Gasteiger partial charge on any atom is -0.482 e. The van der Waals surface area contributed by atoms with Crippen LogP contribution in [0.3, 0.4) is 0 Å². The average molecular weight is 474 g/mol. The predicted octanol–water partition coefficient (Wildman–Crippen LogP) is 4.09. The number of rotatable bonds is 4. The fourth-order valence-electron chi connectivity index (χ4n) is 5.43. The fourth-order valence-corrected chi connectivity index (χ4v) is 5.43. The molecule has 6 nitrogen and oxygen atoms in total. The Hall–Kier alpha value is -3.12. The van der Waals surface area contributed by atoms with Crippen molar-refractivity contribution in [1.29, 1.82) is 0 Å². The van der Waals surface area contributed by atoms with Gasteiger partial charge in [-0.3, -0.25) is 9.59 Å². The van der Waals surface area contributed by atoms with Gasteiger partial charge in [-0.1, -0.05) is 48.4 Å². The second-order valence-electron chi connectivity index (χ2n) is 10.2. The van der Waals surface area contributed by atoms with Gasteiger partial charge in [-0.15, -0.1) is 0 Å². The van der Waals surface area contributed by atoms with Crippen molar-refractivity contribution in [1.82, 2.24) is 14.7 Å².